The van der Waals surface area contributed by atoms with Gasteiger partial charge in [-0.25, -0.2) is 0 Å². The van der Waals surface area contributed by atoms with Crippen LogP contribution in [-0.2, 0) is 0 Å². The molecule has 0 aliphatic heterocycles. The molecule has 0 heterocycles. The van der Waals surface area contributed by atoms with Crippen LogP contribution in [0.15, 0.2) is 36.4 Å². The summed E-state index contributed by atoms with van der Waals surface area (Å²) in [5, 5.41) is 13.6. The zero-order chi connectivity index (χ0) is 16.3. The van der Waals surface area contributed by atoms with Crippen molar-refractivity contribution in [1.82, 2.24) is 0 Å². The van der Waals surface area contributed by atoms with Crippen LogP contribution in [0.5, 0.6) is 5.75 Å². The van der Waals surface area contributed by atoms with Crippen LogP contribution in [0.4, 0.5) is 11.4 Å². The van der Waals surface area contributed by atoms with Crippen molar-refractivity contribution >= 4 is 17.3 Å². The van der Waals surface area contributed by atoms with Gasteiger partial charge in [0, 0.05) is 17.8 Å². The monoisotopic (exact) mass is 300 g/mol. The molecule has 0 atom stereocenters. The number of non-ortho nitro benzene ring substituents is 1. The number of hydrogen-bond donors (Lipinski definition) is 1. The molecule has 0 spiro atoms. The van der Waals surface area contributed by atoms with Gasteiger partial charge in [0.2, 0.25) is 0 Å². The highest BCUT2D eigenvalue weighted by Crippen LogP contribution is 2.25. The number of nitrogens with zero attached hydrogens (tertiary/aromatic N) is 1. The third kappa shape index (κ3) is 3.41. The van der Waals surface area contributed by atoms with Crippen LogP contribution in [0.1, 0.15) is 21.5 Å². The summed E-state index contributed by atoms with van der Waals surface area (Å²) in [5.74, 6) is -0.168. The standard InChI is InChI=1S/C16H16N2O4/c1-10-6-11(2)8-12(7-10)17-16(19)14-9-13(18(20)21)4-5-15(14)22-3/h4-9H,1-3H3,(H,17,19). The third-order valence-electron chi connectivity index (χ3n) is 3.12. The molecule has 0 saturated heterocycles. The Morgan fingerprint density at radius 2 is 1.77 bits per heavy atom. The van der Waals surface area contributed by atoms with Crippen LogP contribution in [0.3, 0.4) is 0 Å². The molecule has 0 aliphatic carbocycles. The third-order valence-corrected chi connectivity index (χ3v) is 3.12. The van der Waals surface area contributed by atoms with Crippen molar-refractivity contribution in [3.63, 3.8) is 0 Å². The van der Waals surface area contributed by atoms with E-state index in [2.05, 4.69) is 5.32 Å². The fourth-order valence-corrected chi connectivity index (χ4v) is 2.23. The summed E-state index contributed by atoms with van der Waals surface area (Å²) in [6.45, 7) is 3.85. The number of nitrogens with one attached hydrogen (secondary N) is 1. The summed E-state index contributed by atoms with van der Waals surface area (Å²) in [7, 11) is 1.41. The van der Waals surface area contributed by atoms with E-state index >= 15 is 0 Å². The molecular formula is C16H16N2O4. The lowest BCUT2D eigenvalue weighted by molar-refractivity contribution is -0.384. The molecule has 0 saturated carbocycles. The Morgan fingerprint density at radius 1 is 1.14 bits per heavy atom. The molecule has 6 nitrogen and oxygen atoms in total. The highest BCUT2D eigenvalue weighted by Gasteiger charge is 2.17. The van der Waals surface area contributed by atoms with Crippen molar-refractivity contribution in [2.75, 3.05) is 12.4 Å². The smallest absolute Gasteiger partial charge is 0.270 e. The summed E-state index contributed by atoms with van der Waals surface area (Å²) in [6, 6.07) is 9.56. The van der Waals surface area contributed by atoms with Gasteiger partial charge in [0.1, 0.15) is 5.75 Å². The van der Waals surface area contributed by atoms with Crippen LogP contribution in [0.2, 0.25) is 0 Å². The van der Waals surface area contributed by atoms with Crippen molar-refractivity contribution in [1.29, 1.82) is 0 Å². The highest BCUT2D eigenvalue weighted by molar-refractivity contribution is 6.06. The van der Waals surface area contributed by atoms with Crippen molar-refractivity contribution in [3.8, 4) is 5.75 Å². The SMILES string of the molecule is COc1ccc([N+](=O)[O-])cc1C(=O)Nc1cc(C)cc(C)c1. The molecular weight excluding hydrogens is 284 g/mol. The van der Waals surface area contributed by atoms with Crippen LogP contribution >= 0.6 is 0 Å². The topological polar surface area (TPSA) is 81.5 Å². The van der Waals surface area contributed by atoms with E-state index in [4.69, 9.17) is 4.74 Å². The first-order chi connectivity index (χ1) is 10.4. The molecule has 1 amide bonds. The molecule has 0 fully saturated rings. The van der Waals surface area contributed by atoms with Crippen LogP contribution in [0.25, 0.3) is 0 Å². The van der Waals surface area contributed by atoms with Crippen LogP contribution in [0, 0.1) is 24.0 Å². The first kappa shape index (κ1) is 15.5. The second kappa shape index (κ2) is 6.26. The van der Waals surface area contributed by atoms with Crippen LogP contribution in [-0.4, -0.2) is 17.9 Å². The van der Waals surface area contributed by atoms with Gasteiger partial charge in [0.05, 0.1) is 17.6 Å². The number of aryl methyl sites for hydroxylation is 2. The summed E-state index contributed by atoms with van der Waals surface area (Å²) in [4.78, 5) is 22.7. The quantitative estimate of drug-likeness (QED) is 0.692. The normalized spacial score (nSPS) is 10.1. The van der Waals surface area contributed by atoms with Gasteiger partial charge in [-0.2, -0.15) is 0 Å². The van der Waals surface area contributed by atoms with E-state index in [1.165, 1.54) is 25.3 Å². The molecule has 6 heteroatoms. The van der Waals surface area contributed by atoms with Gasteiger partial charge < -0.3 is 10.1 Å². The van der Waals surface area contributed by atoms with E-state index in [9.17, 15) is 14.9 Å². The van der Waals surface area contributed by atoms with Gasteiger partial charge in [-0.05, 0) is 43.2 Å². The average molecular weight is 300 g/mol. The second-order valence-corrected chi connectivity index (χ2v) is 4.97. The molecule has 0 unspecified atom stereocenters. The Morgan fingerprint density at radius 3 is 2.32 bits per heavy atom. The maximum Gasteiger partial charge on any atom is 0.270 e. The zero-order valence-corrected chi connectivity index (χ0v) is 12.5. The largest absolute Gasteiger partial charge is 0.496 e. The fraction of sp³-hybridized carbons (Fsp3) is 0.188. The number of carbonyl (C=O) groups is 1. The van der Waals surface area contributed by atoms with E-state index in [1.807, 2.05) is 32.0 Å². The Hall–Kier alpha value is -2.89. The minimum Gasteiger partial charge on any atom is -0.496 e. The Bertz CT molecular complexity index is 721. The van der Waals surface area contributed by atoms with Gasteiger partial charge >= 0.3 is 0 Å². The van der Waals surface area contributed by atoms with E-state index in [-0.39, 0.29) is 17.0 Å². The molecule has 0 aliphatic rings. The lowest BCUT2D eigenvalue weighted by atomic mass is 10.1. The number of methoxy groups -OCH3 is 1. The molecule has 114 valence electrons. The molecule has 2 aromatic carbocycles. The molecule has 22 heavy (non-hydrogen) atoms. The number of ether oxygens (including phenoxy) is 1. The van der Waals surface area contributed by atoms with Gasteiger partial charge in [-0.3, -0.25) is 14.9 Å². The number of nitro groups is 1. The fourth-order valence-electron chi connectivity index (χ4n) is 2.23. The van der Waals surface area contributed by atoms with Gasteiger partial charge in [0.25, 0.3) is 11.6 Å². The molecule has 1 N–H and O–H groups in total. The number of nitro benzene ring substituents is 1. The predicted octanol–water partition coefficient (Wildman–Crippen LogP) is 3.47. The first-order valence-corrected chi connectivity index (χ1v) is 6.63. The minimum atomic E-state index is -0.549. The minimum absolute atomic E-state index is 0.121. The van der Waals surface area contributed by atoms with Gasteiger partial charge in [-0.15, -0.1) is 0 Å². The number of rotatable bonds is 4. The predicted molar refractivity (Wildman–Crippen MR) is 83.5 cm³/mol. The average Bonchev–Trinajstić information content (AvgIpc) is 2.45. The van der Waals surface area contributed by atoms with E-state index in [0.29, 0.717) is 5.69 Å². The summed E-state index contributed by atoms with van der Waals surface area (Å²) >= 11 is 0. The lowest BCUT2D eigenvalue weighted by Crippen LogP contribution is -2.13. The highest BCUT2D eigenvalue weighted by atomic mass is 16.6. The maximum atomic E-state index is 12.4. The molecule has 2 aromatic rings. The van der Waals surface area contributed by atoms with Gasteiger partial charge in [-0.1, -0.05) is 6.07 Å². The zero-order valence-electron chi connectivity index (χ0n) is 12.5. The van der Waals surface area contributed by atoms with Crippen molar-refractivity contribution in [2.24, 2.45) is 0 Å². The summed E-state index contributed by atoms with van der Waals surface area (Å²) in [6.07, 6.45) is 0. The Labute approximate surface area is 127 Å². The summed E-state index contributed by atoms with van der Waals surface area (Å²) < 4.78 is 5.10. The summed E-state index contributed by atoms with van der Waals surface area (Å²) in [5.41, 5.74) is 2.63. The Kier molecular flexibility index (Phi) is 4.41. The van der Waals surface area contributed by atoms with E-state index in [0.717, 1.165) is 11.1 Å². The maximum absolute atomic E-state index is 12.4. The molecule has 2 rings (SSSR count). The molecule has 0 aromatic heterocycles. The number of hydrogen-bond acceptors (Lipinski definition) is 4. The van der Waals surface area contributed by atoms with Gasteiger partial charge in [0.15, 0.2) is 0 Å². The van der Waals surface area contributed by atoms with Crippen molar-refractivity contribution in [3.05, 3.63) is 63.2 Å². The first-order valence-electron chi connectivity index (χ1n) is 6.63. The van der Waals surface area contributed by atoms with Crippen LogP contribution < -0.4 is 10.1 Å². The van der Waals surface area contributed by atoms with Crippen molar-refractivity contribution in [2.45, 2.75) is 13.8 Å². The number of anilines is 1. The van der Waals surface area contributed by atoms with E-state index in [1.54, 1.807) is 0 Å². The number of benzene rings is 2. The van der Waals surface area contributed by atoms with Crippen molar-refractivity contribution < 1.29 is 14.5 Å². The molecule has 0 bridgehead atoms. The molecule has 0 radical (unpaired) electrons. The number of carbonyl (C=O) groups excluding carboxylic acids is 1. The Balaban J connectivity index is 2.35. The number of amides is 1. The lowest BCUT2D eigenvalue weighted by Gasteiger charge is -2.10. The second-order valence-electron chi connectivity index (χ2n) is 4.97. The van der Waals surface area contributed by atoms with E-state index < -0.39 is 10.8 Å².